The topological polar surface area (TPSA) is 33.4 Å². The molecule has 148 valence electrons. The van der Waals surface area contributed by atoms with Gasteiger partial charge in [-0.25, -0.2) is 0 Å². The molecule has 0 spiro atoms. The zero-order valence-electron chi connectivity index (χ0n) is 16.7. The lowest BCUT2D eigenvalue weighted by Gasteiger charge is -2.28. The van der Waals surface area contributed by atoms with Crippen molar-refractivity contribution in [3.05, 3.63) is 96.6 Å². The third-order valence-corrected chi connectivity index (χ3v) is 7.08. The smallest absolute Gasteiger partial charge is 0.160 e. The third-order valence-electron chi connectivity index (χ3n) is 5.98. The monoisotopic (exact) mass is 410 g/mol. The maximum atomic E-state index is 5.12. The molecule has 4 nitrogen and oxygen atoms in total. The van der Waals surface area contributed by atoms with Crippen LogP contribution in [0.4, 0.5) is 0 Å². The van der Waals surface area contributed by atoms with Gasteiger partial charge in [-0.3, -0.25) is 9.98 Å². The molecule has 30 heavy (non-hydrogen) atoms. The van der Waals surface area contributed by atoms with Crippen LogP contribution in [0.1, 0.15) is 30.4 Å². The summed E-state index contributed by atoms with van der Waals surface area (Å²) in [6.45, 7) is 3.29. The molecule has 0 aliphatic carbocycles. The van der Waals surface area contributed by atoms with Gasteiger partial charge in [0.25, 0.3) is 0 Å². The second-order valence-electron chi connectivity index (χ2n) is 7.97. The minimum atomic E-state index is 0.00954. The van der Waals surface area contributed by atoms with E-state index < -0.39 is 0 Å². The summed E-state index contributed by atoms with van der Waals surface area (Å²) in [6, 6.07) is 25.9. The fourth-order valence-corrected chi connectivity index (χ4v) is 5.73. The van der Waals surface area contributed by atoms with Gasteiger partial charge in [-0.2, -0.15) is 0 Å². The van der Waals surface area contributed by atoms with Crippen molar-refractivity contribution < 1.29 is 0 Å². The number of aliphatic imine (C=N–C) groups is 1. The molecular formula is C25H22N4S. The fourth-order valence-electron chi connectivity index (χ4n) is 4.63. The second kappa shape index (κ2) is 7.03. The van der Waals surface area contributed by atoms with E-state index in [1.54, 1.807) is 0 Å². The molecule has 4 heterocycles. The first-order chi connectivity index (χ1) is 14.8. The highest BCUT2D eigenvalue weighted by Crippen LogP contribution is 2.47. The Kier molecular flexibility index (Phi) is 4.16. The number of hydrogen-bond donors (Lipinski definition) is 0. The highest BCUT2D eigenvalue weighted by molar-refractivity contribution is 8.14. The van der Waals surface area contributed by atoms with E-state index in [-0.39, 0.29) is 12.1 Å². The Morgan fingerprint density at radius 3 is 2.67 bits per heavy atom. The van der Waals surface area contributed by atoms with Crippen molar-refractivity contribution in [1.29, 1.82) is 0 Å². The number of aromatic nitrogens is 2. The number of fused-ring (bicyclic) bond motifs is 2. The highest BCUT2D eigenvalue weighted by atomic mass is 32.2. The number of thioether (sulfide) groups is 1. The standard InChI is InChI=1S/C25H22N4S/c1-17-16-29-24(23(27-25(29)30-17)21-9-4-5-13-26-21)22-10-6-14-28(22)20-12-11-18-7-2-3-8-19(18)15-20/h2-15,17,23-24H,16H2,1H3/t17-,23+,24+/m1/s1. The molecule has 0 bridgehead atoms. The molecule has 5 heteroatoms. The lowest BCUT2D eigenvalue weighted by molar-refractivity contribution is 0.312. The summed E-state index contributed by atoms with van der Waals surface area (Å²) in [5.41, 5.74) is 3.47. The van der Waals surface area contributed by atoms with Gasteiger partial charge >= 0.3 is 0 Å². The summed E-state index contributed by atoms with van der Waals surface area (Å²) in [4.78, 5) is 12.3. The number of rotatable bonds is 3. The summed E-state index contributed by atoms with van der Waals surface area (Å²) in [5, 5.41) is 4.22. The molecule has 0 N–H and O–H groups in total. The van der Waals surface area contributed by atoms with Crippen LogP contribution in [0.3, 0.4) is 0 Å². The zero-order valence-corrected chi connectivity index (χ0v) is 17.5. The van der Waals surface area contributed by atoms with E-state index in [0.717, 1.165) is 17.4 Å². The minimum Gasteiger partial charge on any atom is -0.339 e. The molecule has 2 aliphatic rings. The molecule has 1 fully saturated rings. The van der Waals surface area contributed by atoms with Crippen LogP contribution in [0.25, 0.3) is 16.5 Å². The van der Waals surface area contributed by atoms with Gasteiger partial charge in [0.2, 0.25) is 0 Å². The normalized spacial score (nSPS) is 23.0. The van der Waals surface area contributed by atoms with Gasteiger partial charge in [0.1, 0.15) is 6.04 Å². The van der Waals surface area contributed by atoms with Crippen molar-refractivity contribution in [3.8, 4) is 5.69 Å². The Bertz CT molecular complexity index is 1250. The first-order valence-corrected chi connectivity index (χ1v) is 11.2. The molecule has 0 amide bonds. The fraction of sp³-hybridized carbons (Fsp3) is 0.200. The van der Waals surface area contributed by atoms with E-state index in [9.17, 15) is 0 Å². The van der Waals surface area contributed by atoms with E-state index in [1.807, 2.05) is 24.0 Å². The maximum Gasteiger partial charge on any atom is 0.160 e. The number of pyridine rings is 1. The van der Waals surface area contributed by atoms with Crippen molar-refractivity contribution >= 4 is 27.7 Å². The van der Waals surface area contributed by atoms with E-state index in [1.165, 1.54) is 22.2 Å². The largest absolute Gasteiger partial charge is 0.339 e. The predicted octanol–water partition coefficient (Wildman–Crippen LogP) is 5.61. The summed E-state index contributed by atoms with van der Waals surface area (Å²) >= 11 is 1.88. The molecule has 0 unspecified atom stereocenters. The Labute approximate surface area is 180 Å². The summed E-state index contributed by atoms with van der Waals surface area (Å²) in [5.74, 6) is 0. The van der Waals surface area contributed by atoms with E-state index in [2.05, 4.69) is 94.3 Å². The molecule has 0 radical (unpaired) electrons. The highest BCUT2D eigenvalue weighted by Gasteiger charge is 2.44. The molecule has 2 aromatic carbocycles. The van der Waals surface area contributed by atoms with Crippen molar-refractivity contribution in [1.82, 2.24) is 14.5 Å². The Balaban J connectivity index is 1.47. The van der Waals surface area contributed by atoms with Crippen LogP contribution in [-0.2, 0) is 0 Å². The molecule has 2 aromatic heterocycles. The first-order valence-electron chi connectivity index (χ1n) is 10.4. The average molecular weight is 411 g/mol. The van der Waals surface area contributed by atoms with Crippen molar-refractivity contribution in [3.63, 3.8) is 0 Å². The van der Waals surface area contributed by atoms with Crippen LogP contribution < -0.4 is 0 Å². The van der Waals surface area contributed by atoms with Crippen LogP contribution in [0, 0.1) is 0 Å². The molecule has 0 saturated carbocycles. The van der Waals surface area contributed by atoms with Crippen LogP contribution in [0.5, 0.6) is 0 Å². The van der Waals surface area contributed by atoms with Gasteiger partial charge in [0, 0.05) is 35.6 Å². The summed E-state index contributed by atoms with van der Waals surface area (Å²) in [7, 11) is 0. The van der Waals surface area contributed by atoms with Crippen LogP contribution in [-0.4, -0.2) is 31.4 Å². The molecule has 4 aromatic rings. The predicted molar refractivity (Wildman–Crippen MR) is 124 cm³/mol. The lowest BCUT2D eigenvalue weighted by atomic mass is 10.0. The van der Waals surface area contributed by atoms with Crippen molar-refractivity contribution in [2.24, 2.45) is 4.99 Å². The molecule has 1 saturated heterocycles. The van der Waals surface area contributed by atoms with E-state index >= 15 is 0 Å². The van der Waals surface area contributed by atoms with Crippen LogP contribution in [0.2, 0.25) is 0 Å². The maximum absolute atomic E-state index is 5.12. The van der Waals surface area contributed by atoms with Gasteiger partial charge in [0.15, 0.2) is 5.17 Å². The molecular weight excluding hydrogens is 388 g/mol. The van der Waals surface area contributed by atoms with Gasteiger partial charge in [-0.05, 0) is 47.2 Å². The number of nitrogens with zero attached hydrogens (tertiary/aromatic N) is 4. The Hall–Kier alpha value is -3.05. The van der Waals surface area contributed by atoms with Crippen LogP contribution >= 0.6 is 11.8 Å². The number of benzene rings is 2. The second-order valence-corrected chi connectivity index (χ2v) is 9.38. The average Bonchev–Trinajstić information content (AvgIpc) is 3.48. The Morgan fingerprint density at radius 1 is 0.933 bits per heavy atom. The molecule has 6 rings (SSSR count). The zero-order chi connectivity index (χ0) is 20.1. The third kappa shape index (κ3) is 2.84. The Morgan fingerprint density at radius 2 is 1.80 bits per heavy atom. The van der Waals surface area contributed by atoms with Gasteiger partial charge in [-0.1, -0.05) is 55.1 Å². The van der Waals surface area contributed by atoms with Gasteiger partial charge < -0.3 is 9.47 Å². The van der Waals surface area contributed by atoms with Crippen molar-refractivity contribution in [2.75, 3.05) is 6.54 Å². The van der Waals surface area contributed by atoms with E-state index in [4.69, 9.17) is 4.99 Å². The van der Waals surface area contributed by atoms with Crippen molar-refractivity contribution in [2.45, 2.75) is 24.3 Å². The summed E-state index contributed by atoms with van der Waals surface area (Å²) in [6.07, 6.45) is 4.04. The molecule has 2 aliphatic heterocycles. The number of amidine groups is 1. The lowest BCUT2D eigenvalue weighted by Crippen LogP contribution is -2.30. The molecule has 3 atom stereocenters. The first kappa shape index (κ1) is 17.8. The van der Waals surface area contributed by atoms with E-state index in [0.29, 0.717) is 5.25 Å². The van der Waals surface area contributed by atoms with Gasteiger partial charge in [0.05, 0.1) is 11.7 Å². The summed E-state index contributed by atoms with van der Waals surface area (Å²) < 4.78 is 2.32. The minimum absolute atomic E-state index is 0.00954. The van der Waals surface area contributed by atoms with Gasteiger partial charge in [-0.15, -0.1) is 0 Å². The number of hydrogen-bond acceptors (Lipinski definition) is 4. The van der Waals surface area contributed by atoms with Crippen LogP contribution in [0.15, 0.2) is 90.2 Å². The quantitative estimate of drug-likeness (QED) is 0.440. The SMILES string of the molecule is C[C@@H]1CN2C(=N[C@@H](c3ccccn3)[C@@H]2c2cccn2-c2ccc3ccccc3c2)S1.